The van der Waals surface area contributed by atoms with E-state index in [1.165, 1.54) is 19.3 Å². The first kappa shape index (κ1) is 20.8. The van der Waals surface area contributed by atoms with Gasteiger partial charge in [-0.05, 0) is 50.5 Å². The summed E-state index contributed by atoms with van der Waals surface area (Å²) in [6, 6.07) is 7.68. The Morgan fingerprint density at radius 3 is 2.50 bits per heavy atom. The largest absolute Gasteiger partial charge is 0.463 e. The highest BCUT2D eigenvalue weighted by Gasteiger charge is 2.47. The Kier molecular flexibility index (Phi) is 6.02. The van der Waals surface area contributed by atoms with Gasteiger partial charge in [-0.1, -0.05) is 39.0 Å². The molecule has 2 aromatic heterocycles. The number of nitrogens with zero attached hydrogens (tertiary/aromatic N) is 2. The van der Waals surface area contributed by atoms with Crippen molar-refractivity contribution < 1.29 is 14.0 Å². The molecule has 6 nitrogen and oxygen atoms in total. The van der Waals surface area contributed by atoms with E-state index in [0.717, 1.165) is 37.8 Å². The molecule has 1 aliphatic carbocycles. The van der Waals surface area contributed by atoms with Gasteiger partial charge in [-0.2, -0.15) is 0 Å². The third kappa shape index (κ3) is 3.80. The van der Waals surface area contributed by atoms with Crippen molar-refractivity contribution in [3.8, 4) is 11.5 Å². The van der Waals surface area contributed by atoms with Crippen molar-refractivity contribution in [3.63, 3.8) is 0 Å². The Labute approximate surface area is 178 Å². The fourth-order valence-electron chi connectivity index (χ4n) is 4.93. The van der Waals surface area contributed by atoms with Crippen LogP contribution < -0.4 is 5.32 Å². The van der Waals surface area contributed by atoms with E-state index in [1.54, 1.807) is 11.2 Å². The highest BCUT2D eigenvalue weighted by atomic mass is 16.3. The highest BCUT2D eigenvalue weighted by molar-refractivity contribution is 6.00. The molecular weight excluding hydrogens is 378 g/mol. The van der Waals surface area contributed by atoms with Crippen LogP contribution in [0.1, 0.15) is 75.7 Å². The number of amides is 2. The van der Waals surface area contributed by atoms with Gasteiger partial charge in [-0.25, -0.2) is 0 Å². The van der Waals surface area contributed by atoms with Crippen molar-refractivity contribution in [1.29, 1.82) is 0 Å². The van der Waals surface area contributed by atoms with Crippen molar-refractivity contribution in [2.24, 2.45) is 0 Å². The Balaban J connectivity index is 1.64. The van der Waals surface area contributed by atoms with E-state index in [1.807, 2.05) is 42.7 Å². The van der Waals surface area contributed by atoms with Crippen LogP contribution in [0.5, 0.6) is 0 Å². The molecule has 2 aliphatic rings. The molecule has 1 N–H and O–H groups in total. The van der Waals surface area contributed by atoms with Crippen molar-refractivity contribution in [2.75, 3.05) is 6.54 Å². The molecule has 3 heterocycles. The highest BCUT2D eigenvalue weighted by Crippen LogP contribution is 2.33. The third-order valence-electron chi connectivity index (χ3n) is 6.66. The Hall–Kier alpha value is -2.50. The lowest BCUT2D eigenvalue weighted by molar-refractivity contribution is -0.133. The van der Waals surface area contributed by atoms with Crippen molar-refractivity contribution in [2.45, 2.75) is 83.3 Å². The molecule has 0 radical (unpaired) electrons. The number of nitrogens with one attached hydrogen (secondary N) is 1. The summed E-state index contributed by atoms with van der Waals surface area (Å²) in [5.41, 5.74) is 0.526. The molecule has 2 aromatic rings. The van der Waals surface area contributed by atoms with E-state index >= 15 is 0 Å². The zero-order chi connectivity index (χ0) is 21.1. The average Bonchev–Trinajstić information content (AvgIpc) is 3.36. The first-order valence-electron chi connectivity index (χ1n) is 11.4. The lowest BCUT2D eigenvalue weighted by atomic mass is 9.92. The molecule has 1 saturated carbocycles. The molecule has 2 amide bonds. The number of fused-ring (bicyclic) bond motifs is 1. The second-order valence-electron chi connectivity index (χ2n) is 8.91. The maximum atomic E-state index is 13.6. The lowest BCUT2D eigenvalue weighted by Crippen LogP contribution is -2.65. The van der Waals surface area contributed by atoms with Crippen LogP contribution in [0.2, 0.25) is 0 Å². The summed E-state index contributed by atoms with van der Waals surface area (Å²) in [6.07, 6.45) is 10.6. The molecule has 0 spiro atoms. The molecule has 0 bridgehead atoms. The van der Waals surface area contributed by atoms with Gasteiger partial charge in [0.1, 0.15) is 17.0 Å². The summed E-state index contributed by atoms with van der Waals surface area (Å²) < 4.78 is 7.53. The van der Waals surface area contributed by atoms with E-state index in [-0.39, 0.29) is 17.9 Å². The minimum absolute atomic E-state index is 0.0420. The quantitative estimate of drug-likeness (QED) is 0.782. The van der Waals surface area contributed by atoms with Gasteiger partial charge in [-0.3, -0.25) is 9.59 Å². The van der Waals surface area contributed by atoms with E-state index < -0.39 is 5.54 Å². The van der Waals surface area contributed by atoms with Gasteiger partial charge < -0.3 is 19.2 Å². The van der Waals surface area contributed by atoms with Crippen LogP contribution in [-0.2, 0) is 11.3 Å². The van der Waals surface area contributed by atoms with E-state index in [2.05, 4.69) is 5.32 Å². The number of carbonyl (C=O) groups excluding carboxylic acids is 2. The number of furan rings is 1. The minimum Gasteiger partial charge on any atom is -0.463 e. The van der Waals surface area contributed by atoms with E-state index in [9.17, 15) is 9.59 Å². The van der Waals surface area contributed by atoms with E-state index in [4.69, 9.17) is 4.42 Å². The van der Waals surface area contributed by atoms with Crippen LogP contribution in [0.4, 0.5) is 0 Å². The summed E-state index contributed by atoms with van der Waals surface area (Å²) >= 11 is 0. The predicted octanol–water partition coefficient (Wildman–Crippen LogP) is 4.60. The average molecular weight is 412 g/mol. The SMILES string of the molecule is CCCN1C(=O)c2ccc(-c3ccco3)n2CC1(C)C(=O)NC1CCCCCCC1. The Bertz CT molecular complexity index is 878. The second-order valence-corrected chi connectivity index (χ2v) is 8.91. The van der Waals surface area contributed by atoms with Crippen LogP contribution in [0, 0.1) is 0 Å². The lowest BCUT2D eigenvalue weighted by Gasteiger charge is -2.45. The summed E-state index contributed by atoms with van der Waals surface area (Å²) in [5.74, 6) is 0.580. The molecule has 4 rings (SSSR count). The fraction of sp³-hybridized carbons (Fsp3) is 0.583. The Morgan fingerprint density at radius 2 is 1.83 bits per heavy atom. The molecule has 1 unspecified atom stereocenters. The molecule has 162 valence electrons. The monoisotopic (exact) mass is 411 g/mol. The van der Waals surface area contributed by atoms with Crippen molar-refractivity contribution >= 4 is 11.8 Å². The van der Waals surface area contributed by atoms with Crippen LogP contribution in [0.25, 0.3) is 11.5 Å². The molecule has 1 atom stereocenters. The maximum Gasteiger partial charge on any atom is 0.271 e. The maximum absolute atomic E-state index is 13.6. The topological polar surface area (TPSA) is 67.5 Å². The summed E-state index contributed by atoms with van der Waals surface area (Å²) in [6.45, 7) is 4.94. The van der Waals surface area contributed by atoms with Crippen LogP contribution in [-0.4, -0.2) is 39.4 Å². The zero-order valence-corrected chi connectivity index (χ0v) is 18.2. The van der Waals surface area contributed by atoms with Gasteiger partial charge in [0.2, 0.25) is 5.91 Å². The molecular formula is C24H33N3O3. The fourth-order valence-corrected chi connectivity index (χ4v) is 4.93. The number of hydrogen-bond donors (Lipinski definition) is 1. The molecule has 0 saturated heterocycles. The number of aromatic nitrogens is 1. The van der Waals surface area contributed by atoms with Gasteiger partial charge in [0, 0.05) is 12.6 Å². The standard InChI is InChI=1S/C24H33N3O3/c1-3-15-27-22(28)20-14-13-19(21-12-9-16-30-21)26(20)17-24(27,2)23(29)25-18-10-7-5-4-6-8-11-18/h9,12-14,16,18H,3-8,10-11,15,17H2,1-2H3,(H,25,29). The third-order valence-corrected chi connectivity index (χ3v) is 6.66. The van der Waals surface area contributed by atoms with Crippen molar-refractivity contribution in [1.82, 2.24) is 14.8 Å². The molecule has 0 aromatic carbocycles. The number of carbonyl (C=O) groups is 2. The molecule has 1 fully saturated rings. The van der Waals surface area contributed by atoms with Gasteiger partial charge in [0.25, 0.3) is 5.91 Å². The van der Waals surface area contributed by atoms with Gasteiger partial charge in [0.05, 0.1) is 18.5 Å². The zero-order valence-electron chi connectivity index (χ0n) is 18.2. The number of rotatable bonds is 5. The van der Waals surface area contributed by atoms with Gasteiger partial charge in [-0.15, -0.1) is 0 Å². The Morgan fingerprint density at radius 1 is 1.13 bits per heavy atom. The van der Waals surface area contributed by atoms with Crippen LogP contribution in [0.15, 0.2) is 34.9 Å². The van der Waals surface area contributed by atoms with Gasteiger partial charge >= 0.3 is 0 Å². The van der Waals surface area contributed by atoms with Gasteiger partial charge in [0.15, 0.2) is 0 Å². The molecule has 30 heavy (non-hydrogen) atoms. The van der Waals surface area contributed by atoms with Crippen LogP contribution in [0.3, 0.4) is 0 Å². The number of hydrogen-bond acceptors (Lipinski definition) is 3. The molecule has 6 heteroatoms. The van der Waals surface area contributed by atoms with E-state index in [0.29, 0.717) is 24.5 Å². The first-order valence-corrected chi connectivity index (χ1v) is 11.4. The molecule has 1 aliphatic heterocycles. The second kappa shape index (κ2) is 8.70. The summed E-state index contributed by atoms with van der Waals surface area (Å²) in [7, 11) is 0. The smallest absolute Gasteiger partial charge is 0.271 e. The summed E-state index contributed by atoms with van der Waals surface area (Å²) in [4.78, 5) is 28.8. The first-order chi connectivity index (χ1) is 14.5. The minimum atomic E-state index is -0.928. The normalized spacial score (nSPS) is 23.0. The predicted molar refractivity (Wildman–Crippen MR) is 116 cm³/mol. The summed E-state index contributed by atoms with van der Waals surface area (Å²) in [5, 5.41) is 3.31. The van der Waals surface area contributed by atoms with Crippen LogP contribution >= 0.6 is 0 Å². The van der Waals surface area contributed by atoms with Crippen molar-refractivity contribution in [3.05, 3.63) is 36.2 Å².